The van der Waals surface area contributed by atoms with Crippen LogP contribution in [-0.2, 0) is 6.42 Å². The molecular weight excluding hydrogens is 271 g/mol. The van der Waals surface area contributed by atoms with E-state index < -0.39 is 5.82 Å². The van der Waals surface area contributed by atoms with E-state index in [-0.39, 0.29) is 11.4 Å². The van der Waals surface area contributed by atoms with E-state index in [0.717, 1.165) is 0 Å². The zero-order valence-electron chi connectivity index (χ0n) is 11.2. The molecule has 0 atom stereocenters. The van der Waals surface area contributed by atoms with Gasteiger partial charge in [0, 0.05) is 6.54 Å². The number of nitrogen functional groups attached to an aromatic ring is 1. The Morgan fingerprint density at radius 2 is 2.05 bits per heavy atom. The molecule has 0 saturated carbocycles. The van der Waals surface area contributed by atoms with Crippen LogP contribution < -0.4 is 11.1 Å². The van der Waals surface area contributed by atoms with Crippen LogP contribution in [0.4, 0.5) is 15.9 Å². The van der Waals surface area contributed by atoms with Gasteiger partial charge in [-0.15, -0.1) is 0 Å². The van der Waals surface area contributed by atoms with Crippen molar-refractivity contribution in [3.8, 4) is 12.1 Å². The molecule has 21 heavy (non-hydrogen) atoms. The summed E-state index contributed by atoms with van der Waals surface area (Å²) in [6.07, 6.45) is 1.26. The van der Waals surface area contributed by atoms with Gasteiger partial charge < -0.3 is 11.1 Å². The maximum atomic E-state index is 13.4. The van der Waals surface area contributed by atoms with Gasteiger partial charge >= 0.3 is 0 Å². The molecule has 1 heterocycles. The van der Waals surface area contributed by atoms with E-state index in [2.05, 4.69) is 15.5 Å². The number of benzene rings is 1. The minimum Gasteiger partial charge on any atom is -0.384 e. The molecule has 2 rings (SSSR count). The number of hydrogen-bond donors (Lipinski definition) is 3. The van der Waals surface area contributed by atoms with Gasteiger partial charge in [-0.3, -0.25) is 5.10 Å². The highest BCUT2D eigenvalue weighted by Crippen LogP contribution is 2.18. The van der Waals surface area contributed by atoms with Gasteiger partial charge in [0.2, 0.25) is 0 Å². The predicted octanol–water partition coefficient (Wildman–Crippen LogP) is 1.92. The number of aryl methyl sites for hydroxylation is 1. The third-order valence-electron chi connectivity index (χ3n) is 3.03. The number of nitrogens with zero attached hydrogens (tertiary/aromatic N) is 3. The molecule has 0 amide bonds. The lowest BCUT2D eigenvalue weighted by Crippen LogP contribution is -2.06. The van der Waals surface area contributed by atoms with Crippen LogP contribution in [0.5, 0.6) is 0 Å². The van der Waals surface area contributed by atoms with E-state index in [1.54, 1.807) is 12.1 Å². The summed E-state index contributed by atoms with van der Waals surface area (Å²) >= 11 is 0. The number of H-pyrrole nitrogens is 1. The third kappa shape index (κ3) is 3.10. The van der Waals surface area contributed by atoms with E-state index in [1.807, 2.05) is 12.1 Å². The van der Waals surface area contributed by atoms with E-state index in [9.17, 15) is 4.39 Å². The van der Waals surface area contributed by atoms with Crippen molar-refractivity contribution in [3.63, 3.8) is 0 Å². The molecule has 106 valence electrons. The number of halogens is 1. The van der Waals surface area contributed by atoms with Crippen molar-refractivity contribution >= 4 is 11.5 Å². The predicted molar refractivity (Wildman–Crippen MR) is 75.6 cm³/mol. The van der Waals surface area contributed by atoms with Crippen molar-refractivity contribution in [2.75, 3.05) is 17.6 Å². The summed E-state index contributed by atoms with van der Waals surface area (Å²) in [6.45, 7) is 0.530. The fourth-order valence-electron chi connectivity index (χ4n) is 1.97. The lowest BCUT2D eigenvalue weighted by Gasteiger charge is -2.08. The summed E-state index contributed by atoms with van der Waals surface area (Å²) in [5.41, 5.74) is 7.04. The maximum absolute atomic E-state index is 13.4. The number of nitrogens with one attached hydrogen (secondary N) is 2. The fourth-order valence-corrected chi connectivity index (χ4v) is 1.97. The quantitative estimate of drug-likeness (QED) is 0.726. The molecular formula is C14H13FN6. The van der Waals surface area contributed by atoms with Gasteiger partial charge in [0.25, 0.3) is 0 Å². The van der Waals surface area contributed by atoms with Crippen LogP contribution in [0.2, 0.25) is 0 Å². The van der Waals surface area contributed by atoms with Crippen molar-refractivity contribution in [3.05, 3.63) is 40.8 Å². The normalized spacial score (nSPS) is 9.86. The van der Waals surface area contributed by atoms with Gasteiger partial charge in [-0.05, 0) is 25.0 Å². The monoisotopic (exact) mass is 284 g/mol. The average molecular weight is 284 g/mol. The van der Waals surface area contributed by atoms with Gasteiger partial charge in [-0.25, -0.2) is 4.39 Å². The highest BCUT2D eigenvalue weighted by Gasteiger charge is 2.10. The van der Waals surface area contributed by atoms with E-state index in [4.69, 9.17) is 16.3 Å². The molecule has 0 spiro atoms. The first kappa shape index (κ1) is 14.4. The number of nitriles is 2. The Labute approximate surface area is 121 Å². The Hall–Kier alpha value is -3.06. The minimum absolute atomic E-state index is 0.000925. The van der Waals surface area contributed by atoms with Crippen LogP contribution >= 0.6 is 0 Å². The van der Waals surface area contributed by atoms with Crippen molar-refractivity contribution < 1.29 is 4.39 Å². The summed E-state index contributed by atoms with van der Waals surface area (Å²) in [7, 11) is 0. The SMILES string of the molecule is N#Cc1c(F)cccc1NCCCc1[nH]nc(N)c1C#N. The molecule has 0 radical (unpaired) electrons. The zero-order chi connectivity index (χ0) is 15.2. The van der Waals surface area contributed by atoms with E-state index in [1.165, 1.54) is 6.07 Å². The van der Waals surface area contributed by atoms with Gasteiger partial charge in [-0.2, -0.15) is 15.6 Å². The van der Waals surface area contributed by atoms with Gasteiger partial charge in [0.1, 0.15) is 29.1 Å². The Bertz CT molecular complexity index is 722. The molecule has 7 heteroatoms. The second-order valence-electron chi connectivity index (χ2n) is 4.38. The zero-order valence-corrected chi connectivity index (χ0v) is 11.2. The first-order valence-electron chi connectivity index (χ1n) is 6.32. The maximum Gasteiger partial charge on any atom is 0.163 e. The van der Waals surface area contributed by atoms with Crippen molar-refractivity contribution in [2.24, 2.45) is 0 Å². The lowest BCUT2D eigenvalue weighted by atomic mass is 10.1. The summed E-state index contributed by atoms with van der Waals surface area (Å²) < 4.78 is 13.4. The molecule has 1 aromatic carbocycles. The molecule has 1 aromatic heterocycles. The largest absolute Gasteiger partial charge is 0.384 e. The van der Waals surface area contributed by atoms with E-state index >= 15 is 0 Å². The van der Waals surface area contributed by atoms with Gasteiger partial charge in [0.15, 0.2) is 5.82 Å². The molecule has 0 aliphatic rings. The molecule has 0 saturated heterocycles. The topological polar surface area (TPSA) is 114 Å². The Morgan fingerprint density at radius 1 is 1.29 bits per heavy atom. The molecule has 0 unspecified atom stereocenters. The fraction of sp³-hybridized carbons (Fsp3) is 0.214. The molecule has 6 nitrogen and oxygen atoms in total. The molecule has 0 aliphatic carbocycles. The first-order valence-corrected chi connectivity index (χ1v) is 6.32. The molecule has 0 bridgehead atoms. The molecule has 0 fully saturated rings. The van der Waals surface area contributed by atoms with Crippen LogP contribution in [0, 0.1) is 28.5 Å². The van der Waals surface area contributed by atoms with Crippen LogP contribution in [0.3, 0.4) is 0 Å². The summed E-state index contributed by atoms with van der Waals surface area (Å²) in [6, 6.07) is 8.27. The summed E-state index contributed by atoms with van der Waals surface area (Å²) in [5, 5.41) is 27.4. The highest BCUT2D eigenvalue weighted by atomic mass is 19.1. The smallest absolute Gasteiger partial charge is 0.163 e. The molecule has 0 aliphatic heterocycles. The standard InChI is InChI=1S/C14H13FN6/c15-11-3-1-4-12(9(11)7-16)19-6-2-5-13-10(8-17)14(18)21-20-13/h1,3-4,19H,2,5-6H2,(H3,18,20,21). The van der Waals surface area contributed by atoms with Crippen LogP contribution in [0.15, 0.2) is 18.2 Å². The van der Waals surface area contributed by atoms with Gasteiger partial charge in [0.05, 0.1) is 11.4 Å². The van der Waals surface area contributed by atoms with Crippen LogP contribution in [-0.4, -0.2) is 16.7 Å². The van der Waals surface area contributed by atoms with Crippen molar-refractivity contribution in [2.45, 2.75) is 12.8 Å². The van der Waals surface area contributed by atoms with Crippen molar-refractivity contribution in [1.29, 1.82) is 10.5 Å². The number of aromatic amines is 1. The number of rotatable bonds is 5. The molecule has 2 aromatic rings. The number of aromatic nitrogens is 2. The average Bonchev–Trinajstić information content (AvgIpc) is 2.84. The third-order valence-corrected chi connectivity index (χ3v) is 3.03. The minimum atomic E-state index is -0.546. The van der Waals surface area contributed by atoms with E-state index in [0.29, 0.717) is 36.3 Å². The van der Waals surface area contributed by atoms with Crippen LogP contribution in [0.25, 0.3) is 0 Å². The second kappa shape index (κ2) is 6.40. The second-order valence-corrected chi connectivity index (χ2v) is 4.38. The number of anilines is 2. The van der Waals surface area contributed by atoms with Crippen molar-refractivity contribution in [1.82, 2.24) is 10.2 Å². The highest BCUT2D eigenvalue weighted by molar-refractivity contribution is 5.57. The first-order chi connectivity index (χ1) is 10.2. The van der Waals surface area contributed by atoms with Gasteiger partial charge in [-0.1, -0.05) is 6.07 Å². The Balaban J connectivity index is 1.93. The molecule has 4 N–H and O–H groups in total. The van der Waals surface area contributed by atoms with Crippen LogP contribution in [0.1, 0.15) is 23.2 Å². The summed E-state index contributed by atoms with van der Waals surface area (Å²) in [4.78, 5) is 0. The number of nitrogens with two attached hydrogens (primary N) is 1. The Kier molecular flexibility index (Phi) is 4.37. The Morgan fingerprint density at radius 3 is 2.76 bits per heavy atom. The lowest BCUT2D eigenvalue weighted by molar-refractivity contribution is 0.624. The number of hydrogen-bond acceptors (Lipinski definition) is 5. The summed E-state index contributed by atoms with van der Waals surface area (Å²) in [5.74, 6) is -0.354.